The average Bonchev–Trinajstić information content (AvgIpc) is 3.96. The lowest BCUT2D eigenvalue weighted by Crippen LogP contribution is -2.69. The maximum atomic E-state index is 15.0. The highest BCUT2D eigenvalue weighted by molar-refractivity contribution is 5.95. The lowest BCUT2D eigenvalue weighted by molar-refractivity contribution is -0.217. The standard InChI is InChI=1S/C51H55N3O11/c1-49(2,3)62-41(57)23-22-38(30-55)53-46(58)35-16-9-11-33(24-35)28-52-48(60)51-27-40-42-43(64-50(63-42)25-36-13-4-5-14-37(36)26-50)45(51)65-54(44(51)47(59)61-40)29-32-20-18-31(19-21-32)10-8-15-34-12-6-7-17-39(34)56/h4-14,16-21,24,38,40,42-45,55-56H,15,22-23,25-30H2,1-3H3,(H,52,60)(H,53,58). The van der Waals surface area contributed by atoms with Crippen molar-refractivity contribution < 1.29 is 53.2 Å². The molecule has 4 aromatic carbocycles. The minimum Gasteiger partial charge on any atom is -0.508 e. The first-order valence-corrected chi connectivity index (χ1v) is 22.3. The van der Waals surface area contributed by atoms with Gasteiger partial charge in [-0.15, -0.1) is 0 Å². The van der Waals surface area contributed by atoms with Gasteiger partial charge < -0.3 is 39.8 Å². The van der Waals surface area contributed by atoms with Gasteiger partial charge in [-0.05, 0) is 85.2 Å². The third-order valence-electron chi connectivity index (χ3n) is 13.0. The van der Waals surface area contributed by atoms with E-state index in [0.29, 0.717) is 30.4 Å². The Morgan fingerprint density at radius 3 is 2.37 bits per heavy atom. The summed E-state index contributed by atoms with van der Waals surface area (Å²) in [6, 6.07) is 28.1. The molecule has 3 heterocycles. The summed E-state index contributed by atoms with van der Waals surface area (Å²) in [5.41, 5.74) is 3.73. The molecule has 0 radical (unpaired) electrons. The largest absolute Gasteiger partial charge is 0.508 e. The van der Waals surface area contributed by atoms with Crippen LogP contribution < -0.4 is 10.6 Å². The van der Waals surface area contributed by atoms with Gasteiger partial charge in [-0.3, -0.25) is 24.0 Å². The summed E-state index contributed by atoms with van der Waals surface area (Å²) < 4.78 is 25.2. The smallest absolute Gasteiger partial charge is 0.327 e. The second kappa shape index (κ2) is 17.8. The van der Waals surface area contributed by atoms with Crippen LogP contribution in [0.15, 0.2) is 103 Å². The van der Waals surface area contributed by atoms with E-state index in [1.54, 1.807) is 62.2 Å². The van der Waals surface area contributed by atoms with Gasteiger partial charge in [-0.25, -0.2) is 0 Å². The number of aliphatic hydroxyl groups excluding tert-OH is 1. The number of benzene rings is 4. The van der Waals surface area contributed by atoms with Crippen LogP contribution in [0.4, 0.5) is 0 Å². The van der Waals surface area contributed by atoms with Crippen LogP contribution in [0.2, 0.25) is 0 Å². The Bertz CT molecular complexity index is 2460. The van der Waals surface area contributed by atoms with Crippen LogP contribution in [0, 0.1) is 5.41 Å². The fourth-order valence-electron chi connectivity index (χ4n) is 10.0. The first kappa shape index (κ1) is 44.3. The van der Waals surface area contributed by atoms with Gasteiger partial charge in [0, 0.05) is 37.8 Å². The van der Waals surface area contributed by atoms with Crippen molar-refractivity contribution in [1.82, 2.24) is 15.7 Å². The first-order chi connectivity index (χ1) is 31.2. The maximum absolute atomic E-state index is 15.0. The molecule has 0 aromatic heterocycles. The number of nitrogens with zero attached hydrogens (tertiary/aromatic N) is 1. The third-order valence-corrected chi connectivity index (χ3v) is 13.0. The molecule has 2 bridgehead atoms. The van der Waals surface area contributed by atoms with Crippen LogP contribution in [-0.2, 0) is 70.5 Å². The Morgan fingerprint density at radius 2 is 1.65 bits per heavy atom. The first-order valence-electron chi connectivity index (χ1n) is 22.3. The van der Waals surface area contributed by atoms with E-state index >= 15 is 0 Å². The highest BCUT2D eigenvalue weighted by atomic mass is 16.8. The molecule has 9 rings (SSSR count). The van der Waals surface area contributed by atoms with Gasteiger partial charge in [-0.1, -0.05) is 91.0 Å². The molecule has 14 heteroatoms. The van der Waals surface area contributed by atoms with Crippen molar-refractivity contribution in [3.63, 3.8) is 0 Å². The van der Waals surface area contributed by atoms with Gasteiger partial charge in [0.25, 0.3) is 5.91 Å². The second-order valence-electron chi connectivity index (χ2n) is 18.8. The number of phenolic OH excluding ortho intramolecular Hbond substituents is 1. The Kier molecular flexibility index (Phi) is 12.1. The molecular weight excluding hydrogens is 831 g/mol. The molecule has 2 aliphatic carbocycles. The molecule has 1 spiro atoms. The Morgan fingerprint density at radius 1 is 0.923 bits per heavy atom. The van der Waals surface area contributed by atoms with Crippen molar-refractivity contribution >= 4 is 29.8 Å². The SMILES string of the molecule is CC(C)(C)OC(=O)CCC(CO)NC(=O)c1cccc(CNC(=O)C23CC4OC(=O)C2N(Cc2ccc(C=CCc5ccccc5O)cc2)OC3C2OC3(Cc5ccccc5C3)OC42)c1. The molecule has 4 fully saturated rings. The number of aromatic hydroxyl groups is 1. The van der Waals surface area contributed by atoms with Crippen LogP contribution in [-0.4, -0.2) is 93.5 Å². The van der Waals surface area contributed by atoms with E-state index < -0.39 is 77.1 Å². The minimum absolute atomic E-state index is 0.0221. The molecule has 1 saturated carbocycles. The molecule has 5 aliphatic rings. The number of hydrogen-bond donors (Lipinski definition) is 4. The summed E-state index contributed by atoms with van der Waals surface area (Å²) in [5, 5.41) is 27.6. The van der Waals surface area contributed by atoms with Gasteiger partial charge in [0.2, 0.25) is 5.91 Å². The van der Waals surface area contributed by atoms with E-state index in [0.717, 1.165) is 27.8 Å². The van der Waals surface area contributed by atoms with Crippen molar-refractivity contribution in [3.05, 3.63) is 142 Å². The third kappa shape index (κ3) is 9.06. The minimum atomic E-state index is -1.41. The lowest BCUT2D eigenvalue weighted by Gasteiger charge is -2.48. The van der Waals surface area contributed by atoms with E-state index in [9.17, 15) is 29.4 Å². The van der Waals surface area contributed by atoms with Gasteiger partial charge >= 0.3 is 11.9 Å². The number of ether oxygens (including phenoxy) is 4. The van der Waals surface area contributed by atoms with E-state index in [1.807, 2.05) is 60.7 Å². The summed E-state index contributed by atoms with van der Waals surface area (Å²) in [7, 11) is 0. The Balaban J connectivity index is 0.928. The van der Waals surface area contributed by atoms with Crippen LogP contribution >= 0.6 is 0 Å². The van der Waals surface area contributed by atoms with Gasteiger partial charge in [0.15, 0.2) is 11.8 Å². The number of hydrogen-bond acceptors (Lipinski definition) is 12. The van der Waals surface area contributed by atoms with Crippen molar-refractivity contribution in [2.75, 3.05) is 6.61 Å². The predicted molar refractivity (Wildman–Crippen MR) is 236 cm³/mol. The summed E-state index contributed by atoms with van der Waals surface area (Å²) >= 11 is 0. The number of amides is 2. The average molecular weight is 886 g/mol. The Hall–Kier alpha value is -5.90. The number of nitrogens with one attached hydrogen (secondary N) is 2. The summed E-state index contributed by atoms with van der Waals surface area (Å²) in [5.74, 6) is -2.61. The molecule has 7 unspecified atom stereocenters. The van der Waals surface area contributed by atoms with Crippen molar-refractivity contribution in [1.29, 1.82) is 0 Å². The van der Waals surface area contributed by atoms with Gasteiger partial charge in [0.05, 0.1) is 19.2 Å². The number of aliphatic hydroxyl groups is 1. The molecule has 3 saturated heterocycles. The monoisotopic (exact) mass is 885 g/mol. The maximum Gasteiger partial charge on any atom is 0.327 e. The van der Waals surface area contributed by atoms with E-state index in [-0.39, 0.29) is 44.7 Å². The number of hydroxylamine groups is 2. The normalized spacial score (nSPS) is 25.5. The second-order valence-corrected chi connectivity index (χ2v) is 18.8. The zero-order valence-corrected chi connectivity index (χ0v) is 36.7. The lowest BCUT2D eigenvalue weighted by atomic mass is 9.62. The highest BCUT2D eigenvalue weighted by Gasteiger charge is 2.76. The summed E-state index contributed by atoms with van der Waals surface area (Å²) in [6.07, 6.45) is 2.87. The molecule has 7 atom stereocenters. The fourth-order valence-corrected chi connectivity index (χ4v) is 10.0. The number of fused-ring (bicyclic) bond motifs is 5. The van der Waals surface area contributed by atoms with Crippen LogP contribution in [0.1, 0.15) is 83.8 Å². The molecule has 3 aliphatic heterocycles. The fraction of sp³-hybridized carbons (Fsp3) is 0.412. The summed E-state index contributed by atoms with van der Waals surface area (Å²) in [6.45, 7) is 5.16. The molecular formula is C51H55N3O11. The summed E-state index contributed by atoms with van der Waals surface area (Å²) in [4.78, 5) is 61.7. The van der Waals surface area contributed by atoms with Gasteiger partial charge in [-0.2, -0.15) is 5.06 Å². The number of carbonyl (C=O) groups is 4. The van der Waals surface area contributed by atoms with E-state index in [1.165, 1.54) is 0 Å². The molecule has 340 valence electrons. The molecule has 65 heavy (non-hydrogen) atoms. The molecule has 4 N–H and O–H groups in total. The van der Waals surface area contributed by atoms with Crippen molar-refractivity contribution in [3.8, 4) is 5.75 Å². The molecule has 14 nitrogen and oxygen atoms in total. The van der Waals surface area contributed by atoms with Crippen molar-refractivity contribution in [2.24, 2.45) is 5.41 Å². The van der Waals surface area contributed by atoms with Crippen molar-refractivity contribution in [2.45, 2.75) is 120 Å². The number of phenols is 1. The number of esters is 2. The van der Waals surface area contributed by atoms with Crippen LogP contribution in [0.5, 0.6) is 5.75 Å². The molecule has 4 aromatic rings. The number of rotatable bonds is 14. The predicted octanol–water partition coefficient (Wildman–Crippen LogP) is 5.26. The van der Waals surface area contributed by atoms with Gasteiger partial charge in [0.1, 0.15) is 41.2 Å². The number of para-hydroxylation sites is 1. The van der Waals surface area contributed by atoms with E-state index in [4.69, 9.17) is 23.8 Å². The molecule has 2 amide bonds. The number of carbonyl (C=O) groups excluding carboxylic acids is 4. The van der Waals surface area contributed by atoms with E-state index in [2.05, 4.69) is 22.8 Å². The van der Waals surface area contributed by atoms with Crippen LogP contribution in [0.25, 0.3) is 6.08 Å². The topological polar surface area (TPSA) is 182 Å². The quantitative estimate of drug-likeness (QED) is 0.121. The Labute approximate surface area is 377 Å². The van der Waals surface area contributed by atoms with Crippen LogP contribution in [0.3, 0.4) is 0 Å². The zero-order valence-electron chi connectivity index (χ0n) is 36.7. The zero-order chi connectivity index (χ0) is 45.5. The highest BCUT2D eigenvalue weighted by Crippen LogP contribution is 2.58. The number of allylic oxidation sites excluding steroid dienone is 1.